The third-order valence-corrected chi connectivity index (χ3v) is 4.35. The highest BCUT2D eigenvalue weighted by molar-refractivity contribution is 5.66. The monoisotopic (exact) mass is 300 g/mol. The molecule has 6 nitrogen and oxygen atoms in total. The molecule has 2 aliphatic rings. The lowest BCUT2D eigenvalue weighted by molar-refractivity contribution is -0.110. The van der Waals surface area contributed by atoms with Gasteiger partial charge in [-0.15, -0.1) is 0 Å². The highest BCUT2D eigenvalue weighted by Crippen LogP contribution is 2.38. The molecule has 0 aliphatic heterocycles. The first kappa shape index (κ1) is 14.4. The molecule has 1 unspecified atom stereocenters. The summed E-state index contributed by atoms with van der Waals surface area (Å²) in [7, 11) is 0. The largest absolute Gasteiger partial charge is 0.490 e. The van der Waals surface area contributed by atoms with Gasteiger partial charge in [0.15, 0.2) is 0 Å². The standard InChI is InChI=1S/C16H16N2O4/c17-7-13-12-6-10(8-19)5-11(12)1-2-14(13)22-9-16(3-4-16)18-15(20)21/h1-2,8,10,18H,3-6,9H2,(H,20,21). The van der Waals surface area contributed by atoms with Crippen LogP contribution in [0.2, 0.25) is 0 Å². The van der Waals surface area contributed by atoms with Crippen molar-refractivity contribution in [3.8, 4) is 11.8 Å². The van der Waals surface area contributed by atoms with Crippen molar-refractivity contribution in [1.82, 2.24) is 5.32 Å². The molecule has 1 atom stereocenters. The molecule has 0 bridgehead atoms. The van der Waals surface area contributed by atoms with Gasteiger partial charge in [-0.05, 0) is 42.9 Å². The van der Waals surface area contributed by atoms with Gasteiger partial charge >= 0.3 is 6.09 Å². The number of nitrogens with zero attached hydrogens (tertiary/aromatic N) is 1. The zero-order valence-electron chi connectivity index (χ0n) is 12.0. The van der Waals surface area contributed by atoms with Crippen LogP contribution in [0.4, 0.5) is 4.79 Å². The average Bonchev–Trinajstić information content (AvgIpc) is 3.11. The van der Waals surface area contributed by atoms with E-state index >= 15 is 0 Å². The Morgan fingerprint density at radius 2 is 2.27 bits per heavy atom. The molecule has 1 aromatic rings. The van der Waals surface area contributed by atoms with E-state index in [0.29, 0.717) is 24.2 Å². The Balaban J connectivity index is 1.77. The average molecular weight is 300 g/mol. The molecule has 114 valence electrons. The summed E-state index contributed by atoms with van der Waals surface area (Å²) in [6, 6.07) is 5.79. The Bertz CT molecular complexity index is 673. The van der Waals surface area contributed by atoms with Crippen molar-refractivity contribution in [1.29, 1.82) is 5.26 Å². The third-order valence-electron chi connectivity index (χ3n) is 4.35. The van der Waals surface area contributed by atoms with E-state index < -0.39 is 11.6 Å². The predicted molar refractivity (Wildman–Crippen MR) is 76.7 cm³/mol. The number of fused-ring (bicyclic) bond motifs is 1. The van der Waals surface area contributed by atoms with E-state index in [9.17, 15) is 14.9 Å². The SMILES string of the molecule is N#Cc1c(OCC2(NC(=O)O)CC2)ccc2c1CC(C=O)C2. The van der Waals surface area contributed by atoms with Gasteiger partial charge in [0.05, 0.1) is 11.1 Å². The molecule has 2 aliphatic carbocycles. The molecule has 0 saturated heterocycles. The number of carbonyl (C=O) groups excluding carboxylic acids is 1. The number of hydrogen-bond donors (Lipinski definition) is 2. The minimum Gasteiger partial charge on any atom is -0.490 e. The lowest BCUT2D eigenvalue weighted by Crippen LogP contribution is -2.40. The first-order valence-electron chi connectivity index (χ1n) is 7.21. The van der Waals surface area contributed by atoms with E-state index in [1.807, 2.05) is 6.07 Å². The number of benzene rings is 1. The number of carboxylic acid groups (broad SMARTS) is 1. The number of hydrogen-bond acceptors (Lipinski definition) is 4. The Morgan fingerprint density at radius 3 is 2.86 bits per heavy atom. The fraction of sp³-hybridized carbons (Fsp3) is 0.438. The molecule has 1 fully saturated rings. The van der Waals surface area contributed by atoms with Crippen LogP contribution in [0.3, 0.4) is 0 Å². The lowest BCUT2D eigenvalue weighted by Gasteiger charge is -2.17. The van der Waals surface area contributed by atoms with Crippen molar-refractivity contribution in [2.75, 3.05) is 6.61 Å². The molecule has 1 amide bonds. The van der Waals surface area contributed by atoms with Crippen molar-refractivity contribution in [2.24, 2.45) is 5.92 Å². The summed E-state index contributed by atoms with van der Waals surface area (Å²) < 4.78 is 5.71. The summed E-state index contributed by atoms with van der Waals surface area (Å²) in [4.78, 5) is 21.7. The second kappa shape index (κ2) is 5.34. The Labute approximate surface area is 127 Å². The normalized spacial score (nSPS) is 20.6. The second-order valence-electron chi connectivity index (χ2n) is 5.99. The van der Waals surface area contributed by atoms with Crippen molar-refractivity contribution in [3.05, 3.63) is 28.8 Å². The van der Waals surface area contributed by atoms with Crippen LogP contribution in [0.1, 0.15) is 29.5 Å². The van der Waals surface area contributed by atoms with Crippen LogP contribution < -0.4 is 10.1 Å². The van der Waals surface area contributed by atoms with Gasteiger partial charge in [-0.25, -0.2) is 4.79 Å². The highest BCUT2D eigenvalue weighted by Gasteiger charge is 2.45. The third kappa shape index (κ3) is 2.62. The van der Waals surface area contributed by atoms with Gasteiger partial charge < -0.3 is 20.0 Å². The molecule has 6 heteroatoms. The van der Waals surface area contributed by atoms with Crippen LogP contribution in [0.15, 0.2) is 12.1 Å². The van der Waals surface area contributed by atoms with E-state index in [0.717, 1.165) is 30.3 Å². The van der Waals surface area contributed by atoms with Crippen LogP contribution in [0.25, 0.3) is 0 Å². The van der Waals surface area contributed by atoms with Crippen molar-refractivity contribution >= 4 is 12.4 Å². The minimum atomic E-state index is -1.07. The number of amides is 1. The molecule has 0 aromatic heterocycles. The fourth-order valence-electron chi connectivity index (χ4n) is 2.95. The van der Waals surface area contributed by atoms with E-state index in [4.69, 9.17) is 9.84 Å². The van der Waals surface area contributed by atoms with Crippen LogP contribution in [0.5, 0.6) is 5.75 Å². The van der Waals surface area contributed by atoms with E-state index in [1.165, 1.54) is 0 Å². The van der Waals surface area contributed by atoms with Crippen molar-refractivity contribution < 1.29 is 19.4 Å². The number of ether oxygens (including phenoxy) is 1. The Morgan fingerprint density at radius 1 is 1.50 bits per heavy atom. The van der Waals surface area contributed by atoms with E-state index in [1.54, 1.807) is 6.07 Å². The fourth-order valence-corrected chi connectivity index (χ4v) is 2.95. The summed E-state index contributed by atoms with van der Waals surface area (Å²) in [6.07, 6.45) is 2.57. The van der Waals surface area contributed by atoms with Gasteiger partial charge in [0.2, 0.25) is 0 Å². The molecule has 22 heavy (non-hydrogen) atoms. The first-order valence-corrected chi connectivity index (χ1v) is 7.21. The zero-order valence-corrected chi connectivity index (χ0v) is 12.0. The zero-order chi connectivity index (χ0) is 15.7. The van der Waals surface area contributed by atoms with Crippen LogP contribution >= 0.6 is 0 Å². The van der Waals surface area contributed by atoms with Crippen LogP contribution in [-0.2, 0) is 17.6 Å². The molecule has 0 spiro atoms. The van der Waals surface area contributed by atoms with Gasteiger partial charge in [0.1, 0.15) is 24.7 Å². The molecule has 0 radical (unpaired) electrons. The smallest absolute Gasteiger partial charge is 0.405 e. The van der Waals surface area contributed by atoms with E-state index in [2.05, 4.69) is 11.4 Å². The predicted octanol–water partition coefficient (Wildman–Crippen LogP) is 1.65. The maximum atomic E-state index is 11.0. The summed E-state index contributed by atoms with van der Waals surface area (Å²) in [5.74, 6) is 0.395. The first-order chi connectivity index (χ1) is 10.6. The van der Waals surface area contributed by atoms with E-state index in [-0.39, 0.29) is 12.5 Å². The number of nitriles is 1. The summed E-state index contributed by atoms with van der Waals surface area (Å²) in [5, 5.41) is 20.7. The highest BCUT2D eigenvalue weighted by atomic mass is 16.5. The lowest BCUT2D eigenvalue weighted by atomic mass is 10.0. The molecule has 1 saturated carbocycles. The van der Waals surface area contributed by atoms with Gasteiger partial charge in [-0.3, -0.25) is 0 Å². The second-order valence-corrected chi connectivity index (χ2v) is 5.99. The maximum absolute atomic E-state index is 11.0. The topological polar surface area (TPSA) is 99.4 Å². The molecule has 2 N–H and O–H groups in total. The summed E-state index contributed by atoms with van der Waals surface area (Å²) in [6.45, 7) is 0.212. The molecule has 3 rings (SSSR count). The maximum Gasteiger partial charge on any atom is 0.405 e. The van der Waals surface area contributed by atoms with Crippen LogP contribution in [-0.4, -0.2) is 29.6 Å². The van der Waals surface area contributed by atoms with Crippen molar-refractivity contribution in [2.45, 2.75) is 31.2 Å². The summed E-state index contributed by atoms with van der Waals surface area (Å²) in [5.41, 5.74) is 1.84. The minimum absolute atomic E-state index is 0.0687. The Kier molecular flexibility index (Phi) is 3.49. The van der Waals surface area contributed by atoms with Gasteiger partial charge in [0, 0.05) is 5.92 Å². The molecular weight excluding hydrogens is 284 g/mol. The number of aldehydes is 1. The van der Waals surface area contributed by atoms with Gasteiger partial charge in [0.25, 0.3) is 0 Å². The number of nitrogens with one attached hydrogen (secondary N) is 1. The summed E-state index contributed by atoms with van der Waals surface area (Å²) >= 11 is 0. The molecule has 0 heterocycles. The Hall–Kier alpha value is -2.55. The number of carbonyl (C=O) groups is 2. The molecule has 1 aromatic carbocycles. The van der Waals surface area contributed by atoms with Gasteiger partial charge in [-0.1, -0.05) is 6.07 Å². The quantitative estimate of drug-likeness (QED) is 0.805. The van der Waals surface area contributed by atoms with Gasteiger partial charge in [-0.2, -0.15) is 5.26 Å². The number of rotatable bonds is 5. The molecular formula is C16H16N2O4. The van der Waals surface area contributed by atoms with Crippen LogP contribution in [0, 0.1) is 17.2 Å². The van der Waals surface area contributed by atoms with Crippen molar-refractivity contribution in [3.63, 3.8) is 0 Å².